The summed E-state index contributed by atoms with van der Waals surface area (Å²) >= 11 is 0. The van der Waals surface area contributed by atoms with Crippen LogP contribution in [0.3, 0.4) is 0 Å². The molecule has 3 rings (SSSR count). The van der Waals surface area contributed by atoms with Crippen LogP contribution in [0.4, 0.5) is 0 Å². The van der Waals surface area contributed by atoms with Crippen LogP contribution >= 0.6 is 0 Å². The number of aromatic nitrogens is 2. The lowest BCUT2D eigenvalue weighted by molar-refractivity contribution is 0.0210. The van der Waals surface area contributed by atoms with Crippen molar-refractivity contribution >= 4 is 5.91 Å². The number of carbonyl (C=O) groups is 1. The third kappa shape index (κ3) is 2.04. The van der Waals surface area contributed by atoms with Crippen molar-refractivity contribution < 1.29 is 9.90 Å². The topological polar surface area (TPSA) is 58.4 Å². The van der Waals surface area contributed by atoms with E-state index in [2.05, 4.69) is 12.0 Å². The summed E-state index contributed by atoms with van der Waals surface area (Å²) in [6.45, 7) is 4.89. The van der Waals surface area contributed by atoms with Gasteiger partial charge in [-0.15, -0.1) is 0 Å². The first-order valence-corrected chi connectivity index (χ1v) is 7.40. The molecule has 20 heavy (non-hydrogen) atoms. The second-order valence-corrected chi connectivity index (χ2v) is 6.66. The van der Waals surface area contributed by atoms with Crippen LogP contribution in [0.5, 0.6) is 0 Å². The van der Waals surface area contributed by atoms with Gasteiger partial charge in [0.25, 0.3) is 5.91 Å². The third-order valence-corrected chi connectivity index (χ3v) is 5.08. The molecular weight excluding hydrogens is 254 g/mol. The van der Waals surface area contributed by atoms with Gasteiger partial charge in [-0.05, 0) is 38.0 Å². The number of carbonyl (C=O) groups excluding carboxylic acids is 1. The second-order valence-electron chi connectivity index (χ2n) is 6.66. The van der Waals surface area contributed by atoms with Crippen molar-refractivity contribution in [2.45, 2.75) is 51.7 Å². The molecule has 2 heterocycles. The van der Waals surface area contributed by atoms with Crippen LogP contribution in [0.2, 0.25) is 0 Å². The first-order valence-electron chi connectivity index (χ1n) is 7.40. The van der Waals surface area contributed by atoms with E-state index in [0.29, 0.717) is 5.56 Å². The summed E-state index contributed by atoms with van der Waals surface area (Å²) in [5.41, 5.74) is 1.58. The van der Waals surface area contributed by atoms with Crippen molar-refractivity contribution in [1.29, 1.82) is 0 Å². The zero-order valence-electron chi connectivity index (χ0n) is 12.5. The molecule has 0 aromatic carbocycles. The highest BCUT2D eigenvalue weighted by atomic mass is 16.3. The average molecular weight is 277 g/mol. The molecule has 0 unspecified atom stereocenters. The molecule has 1 aromatic rings. The highest BCUT2D eigenvalue weighted by Gasteiger charge is 2.49. The molecule has 1 aromatic heterocycles. The van der Waals surface area contributed by atoms with E-state index in [9.17, 15) is 9.90 Å². The van der Waals surface area contributed by atoms with Gasteiger partial charge in [0.2, 0.25) is 0 Å². The fourth-order valence-corrected chi connectivity index (χ4v) is 4.01. The third-order valence-electron chi connectivity index (χ3n) is 5.08. The lowest BCUT2D eigenvalue weighted by atomic mass is 9.71. The number of aryl methyl sites for hydroxylation is 2. The lowest BCUT2D eigenvalue weighted by Gasteiger charge is -2.41. The van der Waals surface area contributed by atoms with Gasteiger partial charge in [-0.1, -0.05) is 6.92 Å². The molecule has 2 fully saturated rings. The van der Waals surface area contributed by atoms with Gasteiger partial charge < -0.3 is 10.0 Å². The zero-order valence-corrected chi connectivity index (χ0v) is 12.5. The standard InChI is InChI=1S/C15H23N3O2/c1-10-12(9-17(3)16-10)14(20)18-7-6-15(2)8-11(19)4-5-13(15)18/h9,11,13,19H,4-8H2,1-3H3/t11-,13-,15+/m1/s1. The maximum absolute atomic E-state index is 12.8. The number of fused-ring (bicyclic) bond motifs is 1. The first kappa shape index (κ1) is 13.6. The molecule has 5 heteroatoms. The van der Waals surface area contributed by atoms with Crippen molar-refractivity contribution in [3.05, 3.63) is 17.5 Å². The number of nitrogens with zero attached hydrogens (tertiary/aromatic N) is 3. The maximum atomic E-state index is 12.8. The molecule has 110 valence electrons. The van der Waals surface area contributed by atoms with Gasteiger partial charge in [0.05, 0.1) is 17.4 Å². The highest BCUT2D eigenvalue weighted by molar-refractivity contribution is 5.95. The van der Waals surface area contributed by atoms with E-state index < -0.39 is 0 Å². The SMILES string of the molecule is Cc1nn(C)cc1C(=O)N1CC[C@@]2(C)C[C@H](O)CC[C@@H]12. The number of amides is 1. The molecule has 5 nitrogen and oxygen atoms in total. The Labute approximate surface area is 119 Å². The van der Waals surface area contributed by atoms with Crippen molar-refractivity contribution in [3.8, 4) is 0 Å². The van der Waals surface area contributed by atoms with Gasteiger partial charge in [0, 0.05) is 25.8 Å². The minimum absolute atomic E-state index is 0.0729. The molecule has 1 saturated heterocycles. The Morgan fingerprint density at radius 3 is 2.90 bits per heavy atom. The molecule has 1 saturated carbocycles. The van der Waals surface area contributed by atoms with E-state index in [0.717, 1.165) is 37.9 Å². The minimum Gasteiger partial charge on any atom is -0.393 e. The number of aliphatic hydroxyl groups excluding tert-OH is 1. The molecular formula is C15H23N3O2. The van der Waals surface area contributed by atoms with Crippen molar-refractivity contribution in [2.24, 2.45) is 12.5 Å². The van der Waals surface area contributed by atoms with Gasteiger partial charge in [0.1, 0.15) is 0 Å². The Hall–Kier alpha value is -1.36. The summed E-state index contributed by atoms with van der Waals surface area (Å²) < 4.78 is 1.70. The molecule has 1 N–H and O–H groups in total. The van der Waals surface area contributed by atoms with Gasteiger partial charge in [-0.25, -0.2) is 0 Å². The van der Waals surface area contributed by atoms with Crippen LogP contribution in [-0.2, 0) is 7.05 Å². The van der Waals surface area contributed by atoms with Crippen LogP contribution < -0.4 is 0 Å². The summed E-state index contributed by atoms with van der Waals surface area (Å²) in [5.74, 6) is 0.0979. The lowest BCUT2D eigenvalue weighted by Crippen LogP contribution is -2.46. The van der Waals surface area contributed by atoms with Crippen LogP contribution in [0.25, 0.3) is 0 Å². The number of rotatable bonds is 1. The molecule has 3 atom stereocenters. The van der Waals surface area contributed by atoms with Crippen LogP contribution in [0.1, 0.15) is 48.7 Å². The van der Waals surface area contributed by atoms with Gasteiger partial charge in [-0.3, -0.25) is 9.48 Å². The van der Waals surface area contributed by atoms with E-state index in [1.165, 1.54) is 0 Å². The predicted molar refractivity (Wildman–Crippen MR) is 75.4 cm³/mol. The molecule has 1 aliphatic heterocycles. The van der Waals surface area contributed by atoms with E-state index in [4.69, 9.17) is 0 Å². The summed E-state index contributed by atoms with van der Waals surface area (Å²) in [6, 6.07) is 0.262. The Kier molecular flexibility index (Phi) is 3.12. The molecule has 1 amide bonds. The van der Waals surface area contributed by atoms with E-state index in [1.807, 2.05) is 25.1 Å². The average Bonchev–Trinajstić information content (AvgIpc) is 2.87. The molecule has 0 radical (unpaired) electrons. The number of hydrogen-bond acceptors (Lipinski definition) is 3. The normalized spacial score (nSPS) is 33.3. The summed E-state index contributed by atoms with van der Waals surface area (Å²) in [4.78, 5) is 14.8. The maximum Gasteiger partial charge on any atom is 0.257 e. The number of hydrogen-bond donors (Lipinski definition) is 1. The largest absolute Gasteiger partial charge is 0.393 e. The van der Waals surface area contributed by atoms with E-state index >= 15 is 0 Å². The highest BCUT2D eigenvalue weighted by Crippen LogP contribution is 2.47. The van der Waals surface area contributed by atoms with Crippen LogP contribution in [-0.4, -0.2) is 44.4 Å². The van der Waals surface area contributed by atoms with Crippen molar-refractivity contribution in [3.63, 3.8) is 0 Å². The zero-order chi connectivity index (χ0) is 14.5. The number of aliphatic hydroxyl groups is 1. The van der Waals surface area contributed by atoms with Crippen molar-refractivity contribution in [1.82, 2.24) is 14.7 Å². The molecule has 0 spiro atoms. The monoisotopic (exact) mass is 277 g/mol. The first-order chi connectivity index (χ1) is 9.40. The van der Waals surface area contributed by atoms with Crippen LogP contribution in [0, 0.1) is 12.3 Å². The summed E-state index contributed by atoms with van der Waals surface area (Å²) in [7, 11) is 1.84. The van der Waals surface area contributed by atoms with Crippen molar-refractivity contribution in [2.75, 3.05) is 6.54 Å². The quantitative estimate of drug-likeness (QED) is 0.846. The Morgan fingerprint density at radius 2 is 2.25 bits per heavy atom. The van der Waals surface area contributed by atoms with Gasteiger partial charge >= 0.3 is 0 Å². The molecule has 2 aliphatic rings. The molecule has 0 bridgehead atoms. The van der Waals surface area contributed by atoms with Crippen LogP contribution in [0.15, 0.2) is 6.20 Å². The summed E-state index contributed by atoms with van der Waals surface area (Å²) in [6.07, 6.45) is 5.11. The molecule has 1 aliphatic carbocycles. The fourth-order valence-electron chi connectivity index (χ4n) is 4.01. The smallest absolute Gasteiger partial charge is 0.257 e. The Balaban J connectivity index is 1.85. The second kappa shape index (κ2) is 4.58. The number of likely N-dealkylation sites (tertiary alicyclic amines) is 1. The fraction of sp³-hybridized carbons (Fsp3) is 0.733. The minimum atomic E-state index is -0.202. The summed E-state index contributed by atoms with van der Waals surface area (Å²) in [5, 5.41) is 14.2. The Morgan fingerprint density at radius 1 is 1.50 bits per heavy atom. The van der Waals surface area contributed by atoms with E-state index in [1.54, 1.807) is 4.68 Å². The van der Waals surface area contributed by atoms with Gasteiger partial charge in [0.15, 0.2) is 0 Å². The van der Waals surface area contributed by atoms with E-state index in [-0.39, 0.29) is 23.5 Å². The van der Waals surface area contributed by atoms with Gasteiger partial charge in [-0.2, -0.15) is 5.10 Å². The predicted octanol–water partition coefficient (Wildman–Crippen LogP) is 1.49. The Bertz CT molecular complexity index is 539.